The molecule has 2 saturated heterocycles. The fraction of sp³-hybridized carbons (Fsp3) is 0.333. The van der Waals surface area contributed by atoms with E-state index in [0.717, 1.165) is 12.1 Å². The van der Waals surface area contributed by atoms with Gasteiger partial charge in [-0.3, -0.25) is 14.4 Å². The zero-order valence-electron chi connectivity index (χ0n) is 15.2. The molecule has 0 aliphatic carbocycles. The number of nitrogens with zero attached hydrogens (tertiary/aromatic N) is 2. The summed E-state index contributed by atoms with van der Waals surface area (Å²) in [5, 5.41) is 2.31. The Morgan fingerprint density at radius 3 is 2.26 bits per heavy atom. The van der Waals surface area contributed by atoms with E-state index >= 15 is 0 Å². The molecule has 0 N–H and O–H groups in total. The van der Waals surface area contributed by atoms with Gasteiger partial charge in [0.2, 0.25) is 5.91 Å². The van der Waals surface area contributed by atoms with Gasteiger partial charge in [-0.05, 0) is 48.7 Å². The Morgan fingerprint density at radius 2 is 1.63 bits per heavy atom. The highest BCUT2D eigenvalue weighted by molar-refractivity contribution is 6.31. The van der Waals surface area contributed by atoms with E-state index < -0.39 is 12.0 Å². The molecule has 2 aliphatic heterocycles. The number of rotatable bonds is 4. The van der Waals surface area contributed by atoms with E-state index in [-0.39, 0.29) is 17.9 Å². The number of carbonyl (C=O) groups is 2. The molecule has 2 aliphatic rings. The Hall–Kier alpha value is -2.37. The van der Waals surface area contributed by atoms with Crippen LogP contribution in [0.25, 0.3) is 0 Å². The van der Waals surface area contributed by atoms with E-state index in [0.29, 0.717) is 16.6 Å². The lowest BCUT2D eigenvalue weighted by atomic mass is 9.90. The largest absolute Gasteiger partial charge is 0.273 e. The second-order valence-corrected chi connectivity index (χ2v) is 7.83. The van der Waals surface area contributed by atoms with Crippen molar-refractivity contribution in [3.63, 3.8) is 0 Å². The van der Waals surface area contributed by atoms with Gasteiger partial charge in [0.15, 0.2) is 6.10 Å². The fourth-order valence-corrected chi connectivity index (χ4v) is 4.01. The number of halogens is 1. The molecule has 2 aromatic rings. The third-order valence-corrected chi connectivity index (χ3v) is 5.30. The Kier molecular flexibility index (Phi) is 4.66. The molecule has 0 spiro atoms. The monoisotopic (exact) mass is 384 g/mol. The smallest absolute Gasteiger partial charge is 0.266 e. The molecule has 2 heterocycles. The summed E-state index contributed by atoms with van der Waals surface area (Å²) < 4.78 is 0. The highest BCUT2D eigenvalue weighted by Crippen LogP contribution is 2.42. The normalized spacial score (nSPS) is 24.8. The first-order chi connectivity index (χ1) is 13.0. The topological polar surface area (TPSA) is 49.9 Å². The van der Waals surface area contributed by atoms with Crippen LogP contribution in [0.3, 0.4) is 0 Å². The van der Waals surface area contributed by atoms with Crippen LogP contribution in [0.1, 0.15) is 20.3 Å². The predicted octanol–water partition coefficient (Wildman–Crippen LogP) is 4.06. The zero-order chi connectivity index (χ0) is 19.1. The summed E-state index contributed by atoms with van der Waals surface area (Å²) in [6, 6.07) is 16.2. The Labute approximate surface area is 163 Å². The molecular weight excluding hydrogens is 364 g/mol. The summed E-state index contributed by atoms with van der Waals surface area (Å²) in [6.45, 7) is 4.21. The first kappa shape index (κ1) is 18.0. The molecule has 0 saturated carbocycles. The molecule has 2 fully saturated rings. The molecule has 2 amide bonds. The van der Waals surface area contributed by atoms with Crippen LogP contribution in [-0.2, 0) is 14.4 Å². The Bertz CT molecular complexity index is 853. The zero-order valence-corrected chi connectivity index (χ0v) is 16.0. The van der Waals surface area contributed by atoms with E-state index in [2.05, 4.69) is 13.8 Å². The first-order valence-corrected chi connectivity index (χ1v) is 9.49. The van der Waals surface area contributed by atoms with Crippen LogP contribution < -0.4 is 9.96 Å². The van der Waals surface area contributed by atoms with Crippen molar-refractivity contribution < 1.29 is 14.4 Å². The average Bonchev–Trinajstić information content (AvgIpc) is 3.13. The number of para-hydroxylation sites is 1. The predicted molar refractivity (Wildman–Crippen MR) is 104 cm³/mol. The fourth-order valence-electron chi connectivity index (χ4n) is 3.89. The molecule has 27 heavy (non-hydrogen) atoms. The summed E-state index contributed by atoms with van der Waals surface area (Å²) in [4.78, 5) is 33.5. The lowest BCUT2D eigenvalue weighted by Crippen LogP contribution is -2.41. The van der Waals surface area contributed by atoms with E-state index in [9.17, 15) is 9.59 Å². The van der Waals surface area contributed by atoms with Crippen LogP contribution >= 0.6 is 11.6 Å². The average molecular weight is 385 g/mol. The standard InChI is InChI=1S/C21H21ClN2O3/c1-13(2)12-17-18-19(27-24(17)16-6-4-3-5-7-16)21(26)23(20(18)25)15-10-8-14(22)9-11-15/h3-11,13,17-19H,12H2,1-2H3/t17-,18-,19-/m0/s1. The maximum absolute atomic E-state index is 13.2. The molecule has 0 bridgehead atoms. The van der Waals surface area contributed by atoms with Crippen molar-refractivity contribution in [1.82, 2.24) is 0 Å². The maximum atomic E-state index is 13.2. The minimum atomic E-state index is -0.794. The van der Waals surface area contributed by atoms with Crippen molar-refractivity contribution in [2.45, 2.75) is 32.4 Å². The molecule has 0 unspecified atom stereocenters. The van der Waals surface area contributed by atoms with Crippen LogP contribution in [0, 0.1) is 11.8 Å². The number of hydroxylamine groups is 1. The number of anilines is 2. The van der Waals surface area contributed by atoms with Crippen molar-refractivity contribution in [2.24, 2.45) is 11.8 Å². The summed E-state index contributed by atoms with van der Waals surface area (Å²) >= 11 is 5.93. The second kappa shape index (κ2) is 6.98. The summed E-state index contributed by atoms with van der Waals surface area (Å²) in [6.07, 6.45) is -0.0408. The third-order valence-electron chi connectivity index (χ3n) is 5.05. The number of imide groups is 1. The number of hydrogen-bond donors (Lipinski definition) is 0. The van der Waals surface area contributed by atoms with Crippen LogP contribution in [0.2, 0.25) is 5.02 Å². The van der Waals surface area contributed by atoms with Gasteiger partial charge in [-0.25, -0.2) is 9.96 Å². The molecule has 5 nitrogen and oxygen atoms in total. The van der Waals surface area contributed by atoms with Crippen molar-refractivity contribution >= 4 is 34.8 Å². The number of fused-ring (bicyclic) bond motifs is 1. The van der Waals surface area contributed by atoms with Gasteiger partial charge in [0, 0.05) is 5.02 Å². The van der Waals surface area contributed by atoms with Crippen molar-refractivity contribution in [1.29, 1.82) is 0 Å². The van der Waals surface area contributed by atoms with E-state index in [1.165, 1.54) is 4.90 Å². The van der Waals surface area contributed by atoms with Gasteiger partial charge in [-0.15, -0.1) is 0 Å². The van der Waals surface area contributed by atoms with E-state index in [4.69, 9.17) is 16.4 Å². The minimum Gasteiger partial charge on any atom is -0.273 e. The van der Waals surface area contributed by atoms with Gasteiger partial charge in [-0.1, -0.05) is 43.6 Å². The van der Waals surface area contributed by atoms with Crippen molar-refractivity contribution in [3.05, 3.63) is 59.6 Å². The first-order valence-electron chi connectivity index (χ1n) is 9.12. The second-order valence-electron chi connectivity index (χ2n) is 7.40. The summed E-state index contributed by atoms with van der Waals surface area (Å²) in [5.41, 5.74) is 1.39. The molecule has 3 atom stereocenters. The molecule has 140 valence electrons. The maximum Gasteiger partial charge on any atom is 0.266 e. The molecule has 0 aromatic heterocycles. The van der Waals surface area contributed by atoms with Gasteiger partial charge < -0.3 is 0 Å². The van der Waals surface area contributed by atoms with Crippen LogP contribution in [-0.4, -0.2) is 24.0 Å². The van der Waals surface area contributed by atoms with Crippen molar-refractivity contribution in [2.75, 3.05) is 9.96 Å². The van der Waals surface area contributed by atoms with Crippen molar-refractivity contribution in [3.8, 4) is 0 Å². The molecule has 6 heteroatoms. The number of amides is 2. The lowest BCUT2D eigenvalue weighted by molar-refractivity contribution is -0.126. The molecular formula is C21H21ClN2O3. The molecule has 2 aromatic carbocycles. The van der Waals surface area contributed by atoms with Gasteiger partial charge in [0.1, 0.15) is 0 Å². The summed E-state index contributed by atoms with van der Waals surface area (Å²) in [5.74, 6) is -0.692. The Balaban J connectivity index is 1.69. The molecule has 4 rings (SSSR count). The minimum absolute atomic E-state index is 0.189. The highest BCUT2D eigenvalue weighted by atomic mass is 35.5. The van der Waals surface area contributed by atoms with E-state index in [1.54, 1.807) is 29.3 Å². The van der Waals surface area contributed by atoms with Gasteiger partial charge >= 0.3 is 0 Å². The number of hydrogen-bond acceptors (Lipinski definition) is 4. The Morgan fingerprint density at radius 1 is 0.963 bits per heavy atom. The van der Waals surface area contributed by atoms with Crippen LogP contribution in [0.15, 0.2) is 54.6 Å². The number of carbonyl (C=O) groups excluding carboxylic acids is 2. The quantitative estimate of drug-likeness (QED) is 0.746. The number of benzene rings is 2. The van der Waals surface area contributed by atoms with Gasteiger partial charge in [0.05, 0.1) is 23.3 Å². The van der Waals surface area contributed by atoms with E-state index in [1.807, 2.05) is 30.3 Å². The lowest BCUT2D eigenvalue weighted by Gasteiger charge is -2.29. The highest BCUT2D eigenvalue weighted by Gasteiger charge is 2.59. The van der Waals surface area contributed by atoms with Crippen LogP contribution in [0.5, 0.6) is 0 Å². The summed E-state index contributed by atoms with van der Waals surface area (Å²) in [7, 11) is 0. The SMILES string of the molecule is CC(C)C[C@H]1[C@@H]2C(=O)N(c3ccc(Cl)cc3)C(=O)[C@H]2ON1c1ccccc1. The van der Waals surface area contributed by atoms with Gasteiger partial charge in [0.25, 0.3) is 5.91 Å². The van der Waals surface area contributed by atoms with Crippen LogP contribution in [0.4, 0.5) is 11.4 Å². The third kappa shape index (κ3) is 3.11. The molecule has 0 radical (unpaired) electrons. The van der Waals surface area contributed by atoms with Gasteiger partial charge in [-0.2, -0.15) is 0 Å².